The number of aryl methyl sites for hydroxylation is 3. The summed E-state index contributed by atoms with van der Waals surface area (Å²) < 4.78 is 2.40. The number of rotatable bonds is 2. The molecule has 0 aliphatic rings. The van der Waals surface area contributed by atoms with Crippen LogP contribution < -0.4 is 5.73 Å². The van der Waals surface area contributed by atoms with Crippen molar-refractivity contribution in [1.82, 2.24) is 15.0 Å². The van der Waals surface area contributed by atoms with Crippen molar-refractivity contribution in [2.45, 2.75) is 19.9 Å². The molecule has 1 aromatic carbocycles. The Balaban J connectivity index is 2.47. The molecule has 1 heterocycles. The number of hydrogen-bond acceptors (Lipinski definition) is 3. The summed E-state index contributed by atoms with van der Waals surface area (Å²) in [5.41, 5.74) is 10.7. The van der Waals surface area contributed by atoms with Crippen molar-refractivity contribution >= 4 is 15.9 Å². The van der Waals surface area contributed by atoms with Gasteiger partial charge in [0, 0.05) is 7.05 Å². The van der Waals surface area contributed by atoms with Gasteiger partial charge in [0.05, 0.1) is 11.7 Å². The first-order valence-corrected chi connectivity index (χ1v) is 6.17. The molecule has 0 fully saturated rings. The Kier molecular flexibility index (Phi) is 3.31. The Labute approximate surface area is 109 Å². The predicted octanol–water partition coefficient (Wildman–Crippen LogP) is 2.24. The first-order valence-electron chi connectivity index (χ1n) is 5.38. The normalized spacial score (nSPS) is 12.8. The van der Waals surface area contributed by atoms with Crippen molar-refractivity contribution in [3.63, 3.8) is 0 Å². The van der Waals surface area contributed by atoms with Crippen LogP contribution in [0.2, 0.25) is 0 Å². The molecule has 0 spiro atoms. The first kappa shape index (κ1) is 12.3. The first-order chi connectivity index (χ1) is 7.99. The van der Waals surface area contributed by atoms with Crippen LogP contribution in [0.3, 0.4) is 0 Å². The van der Waals surface area contributed by atoms with E-state index in [-0.39, 0.29) is 6.04 Å². The minimum absolute atomic E-state index is 0.219. The summed E-state index contributed by atoms with van der Waals surface area (Å²) in [6, 6.07) is 6.10. The fourth-order valence-corrected chi connectivity index (χ4v) is 2.59. The zero-order chi connectivity index (χ0) is 12.6. The van der Waals surface area contributed by atoms with E-state index in [4.69, 9.17) is 5.73 Å². The number of nitrogens with two attached hydrogens (primary N) is 1. The van der Waals surface area contributed by atoms with E-state index in [2.05, 4.69) is 58.3 Å². The Morgan fingerprint density at radius 2 is 1.82 bits per heavy atom. The van der Waals surface area contributed by atoms with E-state index in [0.29, 0.717) is 4.60 Å². The fraction of sp³-hybridized carbons (Fsp3) is 0.333. The molecule has 17 heavy (non-hydrogen) atoms. The van der Waals surface area contributed by atoms with Crippen LogP contribution in [0, 0.1) is 13.8 Å². The number of benzene rings is 1. The van der Waals surface area contributed by atoms with Crippen LogP contribution in [0.5, 0.6) is 0 Å². The van der Waals surface area contributed by atoms with Crippen LogP contribution >= 0.6 is 15.9 Å². The monoisotopic (exact) mass is 294 g/mol. The summed E-state index contributed by atoms with van der Waals surface area (Å²) in [5, 5.41) is 7.90. The highest BCUT2D eigenvalue weighted by atomic mass is 79.9. The van der Waals surface area contributed by atoms with Crippen LogP contribution in [-0.2, 0) is 7.05 Å². The molecule has 1 unspecified atom stereocenters. The van der Waals surface area contributed by atoms with Crippen LogP contribution in [0.25, 0.3) is 0 Å². The summed E-state index contributed by atoms with van der Waals surface area (Å²) in [5.74, 6) is 0. The topological polar surface area (TPSA) is 56.7 Å². The number of hydrogen-bond donors (Lipinski definition) is 1. The lowest BCUT2D eigenvalue weighted by Crippen LogP contribution is -2.16. The zero-order valence-electron chi connectivity index (χ0n) is 10.1. The van der Waals surface area contributed by atoms with Crippen LogP contribution in [-0.4, -0.2) is 15.0 Å². The standard InChI is InChI=1S/C12H15BrN4/c1-7-4-8(2)6-9(5-7)10(14)11-12(13)15-16-17(11)3/h4-6,10H,14H2,1-3H3. The van der Waals surface area contributed by atoms with Gasteiger partial charge in [0.15, 0.2) is 4.60 Å². The quantitative estimate of drug-likeness (QED) is 0.924. The third-order valence-electron chi connectivity index (χ3n) is 2.72. The maximum absolute atomic E-state index is 6.27. The molecule has 1 atom stereocenters. The van der Waals surface area contributed by atoms with Gasteiger partial charge in [-0.05, 0) is 35.3 Å². The summed E-state index contributed by atoms with van der Waals surface area (Å²) in [6.45, 7) is 4.14. The van der Waals surface area contributed by atoms with Crippen LogP contribution in [0.1, 0.15) is 28.4 Å². The molecule has 2 rings (SSSR count). The van der Waals surface area contributed by atoms with E-state index in [1.165, 1.54) is 11.1 Å². The van der Waals surface area contributed by atoms with Crippen LogP contribution in [0.15, 0.2) is 22.8 Å². The van der Waals surface area contributed by atoms with E-state index < -0.39 is 0 Å². The van der Waals surface area contributed by atoms with Gasteiger partial charge in [-0.3, -0.25) is 0 Å². The van der Waals surface area contributed by atoms with Crippen molar-refractivity contribution in [2.75, 3.05) is 0 Å². The summed E-state index contributed by atoms with van der Waals surface area (Å²) in [7, 11) is 1.84. The average molecular weight is 295 g/mol. The summed E-state index contributed by atoms with van der Waals surface area (Å²) in [6.07, 6.45) is 0. The highest BCUT2D eigenvalue weighted by Crippen LogP contribution is 2.25. The van der Waals surface area contributed by atoms with Gasteiger partial charge >= 0.3 is 0 Å². The molecule has 0 amide bonds. The van der Waals surface area contributed by atoms with Gasteiger partial charge in [-0.25, -0.2) is 4.68 Å². The third-order valence-corrected chi connectivity index (χ3v) is 3.29. The van der Waals surface area contributed by atoms with E-state index in [1.807, 2.05) is 7.05 Å². The van der Waals surface area contributed by atoms with Crippen LogP contribution in [0.4, 0.5) is 0 Å². The Morgan fingerprint density at radius 3 is 2.29 bits per heavy atom. The summed E-state index contributed by atoms with van der Waals surface area (Å²) in [4.78, 5) is 0. The van der Waals surface area contributed by atoms with Crippen molar-refractivity contribution in [3.05, 3.63) is 45.2 Å². The van der Waals surface area contributed by atoms with Crippen molar-refractivity contribution in [3.8, 4) is 0 Å². The number of nitrogens with zero attached hydrogens (tertiary/aromatic N) is 3. The van der Waals surface area contributed by atoms with Gasteiger partial charge in [-0.2, -0.15) is 0 Å². The van der Waals surface area contributed by atoms with Gasteiger partial charge in [0.1, 0.15) is 0 Å². The van der Waals surface area contributed by atoms with E-state index in [0.717, 1.165) is 11.3 Å². The van der Waals surface area contributed by atoms with E-state index >= 15 is 0 Å². The maximum Gasteiger partial charge on any atom is 0.153 e. The second-order valence-electron chi connectivity index (χ2n) is 4.29. The number of aromatic nitrogens is 3. The molecule has 0 aliphatic carbocycles. The molecular formula is C12H15BrN4. The smallest absolute Gasteiger partial charge is 0.153 e. The molecule has 1 aromatic heterocycles. The second kappa shape index (κ2) is 4.58. The highest BCUT2D eigenvalue weighted by Gasteiger charge is 2.18. The molecule has 2 N–H and O–H groups in total. The zero-order valence-corrected chi connectivity index (χ0v) is 11.7. The fourth-order valence-electron chi connectivity index (χ4n) is 2.02. The minimum Gasteiger partial charge on any atom is -0.319 e. The van der Waals surface area contributed by atoms with E-state index in [9.17, 15) is 0 Å². The number of halogens is 1. The molecule has 0 saturated carbocycles. The average Bonchev–Trinajstić information content (AvgIpc) is 2.56. The van der Waals surface area contributed by atoms with Crippen molar-refractivity contribution < 1.29 is 0 Å². The lowest BCUT2D eigenvalue weighted by molar-refractivity contribution is 0.650. The van der Waals surface area contributed by atoms with Crippen molar-refractivity contribution in [2.24, 2.45) is 12.8 Å². The Morgan fingerprint density at radius 1 is 1.24 bits per heavy atom. The summed E-state index contributed by atoms with van der Waals surface area (Å²) >= 11 is 3.38. The van der Waals surface area contributed by atoms with Gasteiger partial charge in [-0.15, -0.1) is 5.10 Å². The lowest BCUT2D eigenvalue weighted by atomic mass is 10.00. The second-order valence-corrected chi connectivity index (χ2v) is 5.04. The highest BCUT2D eigenvalue weighted by molar-refractivity contribution is 9.10. The molecule has 0 saturated heterocycles. The van der Waals surface area contributed by atoms with Crippen molar-refractivity contribution in [1.29, 1.82) is 0 Å². The SMILES string of the molecule is Cc1cc(C)cc(C(N)c2c(Br)nnn2C)c1. The molecule has 2 aromatic rings. The van der Waals surface area contributed by atoms with E-state index in [1.54, 1.807) is 4.68 Å². The Bertz CT molecular complexity index is 508. The van der Waals surface area contributed by atoms with Gasteiger partial charge in [0.25, 0.3) is 0 Å². The lowest BCUT2D eigenvalue weighted by Gasteiger charge is -2.14. The third kappa shape index (κ3) is 2.40. The molecule has 0 bridgehead atoms. The van der Waals surface area contributed by atoms with Gasteiger partial charge in [0.2, 0.25) is 0 Å². The Hall–Kier alpha value is -1.20. The maximum atomic E-state index is 6.27. The molecular weight excluding hydrogens is 280 g/mol. The predicted molar refractivity (Wildman–Crippen MR) is 70.6 cm³/mol. The molecule has 0 aliphatic heterocycles. The molecule has 90 valence electrons. The minimum atomic E-state index is -0.219. The molecule has 5 heteroatoms. The molecule has 0 radical (unpaired) electrons. The largest absolute Gasteiger partial charge is 0.319 e. The van der Waals surface area contributed by atoms with Gasteiger partial charge in [-0.1, -0.05) is 34.5 Å². The molecule has 4 nitrogen and oxygen atoms in total. The van der Waals surface area contributed by atoms with Gasteiger partial charge < -0.3 is 5.73 Å².